The highest BCUT2D eigenvalue weighted by Crippen LogP contribution is 3.03. The number of benzene rings is 4. The number of ether oxygens (including phenoxy) is 1. The van der Waals surface area contributed by atoms with Gasteiger partial charge in [-0.25, -0.2) is 3.63 Å². The maximum absolute atomic E-state index is 16.9. The van der Waals surface area contributed by atoms with E-state index in [1.165, 1.54) is 0 Å². The number of hydrogen-bond acceptors (Lipinski definition) is 5. The summed E-state index contributed by atoms with van der Waals surface area (Å²) in [7, 11) is -18.7. The predicted octanol–water partition coefficient (Wildman–Crippen LogP) is 12.0. The van der Waals surface area contributed by atoms with E-state index in [0.29, 0.717) is 46.1 Å². The second kappa shape index (κ2) is 12.9. The van der Waals surface area contributed by atoms with Crippen LogP contribution < -0.4 is 0 Å². The predicted molar refractivity (Wildman–Crippen MR) is 198 cm³/mol. The maximum Gasteiger partial charge on any atom is 0.312 e. The fourth-order valence-electron chi connectivity index (χ4n) is 8.72. The van der Waals surface area contributed by atoms with E-state index >= 15 is 15.5 Å². The lowest BCUT2D eigenvalue weighted by atomic mass is 9.49. The first-order valence-corrected chi connectivity index (χ1v) is 22.9. The molecule has 0 saturated heterocycles. The van der Waals surface area contributed by atoms with Gasteiger partial charge in [0, 0.05) is 19.7 Å². The number of carbonyl (C=O) groups is 1. The van der Waals surface area contributed by atoms with Crippen LogP contribution in [-0.4, -0.2) is 31.0 Å². The van der Waals surface area contributed by atoms with Gasteiger partial charge in [0.2, 0.25) is 0 Å². The lowest BCUT2D eigenvalue weighted by molar-refractivity contribution is -0.171. The van der Waals surface area contributed by atoms with Crippen molar-refractivity contribution in [1.29, 1.82) is 0 Å². The lowest BCUT2D eigenvalue weighted by Gasteiger charge is -2.57. The van der Waals surface area contributed by atoms with Gasteiger partial charge < -0.3 is 4.74 Å². The summed E-state index contributed by atoms with van der Waals surface area (Å²) in [6.45, 7) is -1.66. The molecule has 0 spiro atoms. The first-order valence-electron chi connectivity index (χ1n) is 17.0. The topological polar surface area (TPSA) is 69.7 Å². The quantitative estimate of drug-likeness (QED) is 0.0809. The van der Waals surface area contributed by atoms with Crippen molar-refractivity contribution in [3.8, 4) is 0 Å². The van der Waals surface area contributed by atoms with Gasteiger partial charge in [-0.05, 0) is 127 Å². The molecule has 0 amide bonds. The summed E-state index contributed by atoms with van der Waals surface area (Å²) in [6, 6.07) is 27.3. The molecule has 4 saturated carbocycles. The second-order valence-electron chi connectivity index (χ2n) is 14.3. The summed E-state index contributed by atoms with van der Waals surface area (Å²) >= 11 is 12.4. The van der Waals surface area contributed by atoms with Crippen LogP contribution in [0.4, 0.5) is 15.5 Å². The smallest absolute Gasteiger partial charge is 0.312 e. The molecule has 280 valence electrons. The summed E-state index contributed by atoms with van der Waals surface area (Å²) in [6.07, 6.45) is 4.30. The van der Waals surface area contributed by atoms with Gasteiger partial charge in [0.25, 0.3) is 10.1 Å². The molecule has 0 N–H and O–H groups in total. The average molecular weight is 818 g/mol. The van der Waals surface area contributed by atoms with E-state index < -0.39 is 63.1 Å². The van der Waals surface area contributed by atoms with Crippen molar-refractivity contribution in [2.75, 3.05) is 6.61 Å². The van der Waals surface area contributed by atoms with Crippen LogP contribution in [-0.2, 0) is 23.3 Å². The van der Waals surface area contributed by atoms with Crippen molar-refractivity contribution in [3.05, 3.63) is 120 Å². The zero-order valence-electron chi connectivity index (χ0n) is 27.8. The van der Waals surface area contributed by atoms with Crippen molar-refractivity contribution >= 4 is 59.4 Å². The first-order chi connectivity index (χ1) is 24.5. The first kappa shape index (κ1) is 37.6. The number of carbonyl (C=O) groups excluding carboxylic acids is 1. The molecule has 0 radical (unpaired) electrons. The minimum Gasteiger partial charge on any atom is -0.464 e. The summed E-state index contributed by atoms with van der Waals surface area (Å²) in [5, 5.41) is -3.62. The van der Waals surface area contributed by atoms with Gasteiger partial charge in [-0.2, -0.15) is 8.42 Å². The minimum atomic E-state index is -9.77. The Morgan fingerprint density at radius 2 is 1.12 bits per heavy atom. The fourth-order valence-corrected chi connectivity index (χ4v) is 18.0. The van der Waals surface area contributed by atoms with Gasteiger partial charge >= 0.3 is 5.97 Å². The van der Waals surface area contributed by atoms with E-state index in [4.69, 9.17) is 31.6 Å². The Labute approximate surface area is 313 Å². The number of esters is 1. The molecule has 4 aromatic rings. The van der Waals surface area contributed by atoms with Crippen LogP contribution in [0.3, 0.4) is 0 Å². The van der Waals surface area contributed by atoms with Crippen molar-refractivity contribution < 1.29 is 37.1 Å². The molecule has 4 aliphatic rings. The molecule has 0 heterocycles. The van der Waals surface area contributed by atoms with E-state index in [-0.39, 0.29) is 22.8 Å². The lowest BCUT2D eigenvalue weighted by Crippen LogP contribution is -2.52. The third-order valence-electron chi connectivity index (χ3n) is 10.8. The van der Waals surface area contributed by atoms with Gasteiger partial charge in [-0.3, -0.25) is 4.79 Å². The highest BCUT2D eigenvalue weighted by Gasteiger charge is 2.74. The van der Waals surface area contributed by atoms with Crippen LogP contribution in [0.25, 0.3) is 0 Å². The SMILES string of the molecule is O=C(OCC(C(Cl)S(=O)(=O)OS(c1ccccc1)(c1ccccc1)c1ccccc1)S(F)(F)(F)(F)c1ccc(Cl)cc1)C12CC3CC(CC(C3)C1)C2. The summed E-state index contributed by atoms with van der Waals surface area (Å²) in [5.74, 6) is -0.0886. The number of rotatable bonds is 12. The molecule has 0 aliphatic heterocycles. The fraction of sp³-hybridized carbons (Fsp3) is 0.342. The van der Waals surface area contributed by atoms with Crippen LogP contribution in [0.1, 0.15) is 38.5 Å². The highest BCUT2D eigenvalue weighted by molar-refractivity contribution is 8.50. The Bertz CT molecular complexity index is 1920. The van der Waals surface area contributed by atoms with Crippen LogP contribution in [0.2, 0.25) is 5.02 Å². The Morgan fingerprint density at radius 1 is 0.712 bits per heavy atom. The van der Waals surface area contributed by atoms with Crippen LogP contribution in [0.15, 0.2) is 135 Å². The molecule has 8 rings (SSSR count). The summed E-state index contributed by atoms with van der Waals surface area (Å²) in [5.41, 5.74) is -0.995. The standard InChI is InChI=1S/C38H38Cl2F4O5S3/c39-30-16-18-34(19-17-30)52(41,42,43,44)35(26-48-37(45)38-23-27-20-28(24-38)22-29(21-27)25-38)36(40)51(46,47)49-50(31-10-4-1-5-11-31,32-12-6-2-7-13-32)33-14-8-3-9-15-33/h1-19,27-29,35-36H,20-26H2. The molecule has 14 heteroatoms. The second-order valence-corrected chi connectivity index (χ2v) is 23.4. The maximum atomic E-state index is 16.9. The molecule has 2 atom stereocenters. The van der Waals surface area contributed by atoms with Crippen molar-refractivity contribution in [3.63, 3.8) is 0 Å². The Hall–Kier alpha value is -2.74. The van der Waals surface area contributed by atoms with E-state index in [2.05, 4.69) is 0 Å². The third kappa shape index (κ3) is 6.66. The summed E-state index contributed by atoms with van der Waals surface area (Å²) < 4.78 is 105. The molecule has 0 aromatic heterocycles. The highest BCUT2D eigenvalue weighted by atomic mass is 35.5. The van der Waals surface area contributed by atoms with Crippen LogP contribution >= 0.6 is 43.3 Å². The van der Waals surface area contributed by atoms with Crippen molar-refractivity contribution in [1.82, 2.24) is 0 Å². The van der Waals surface area contributed by atoms with Gasteiger partial charge in [-0.15, -0.1) is 27.1 Å². The number of halogens is 6. The van der Waals surface area contributed by atoms with Gasteiger partial charge in [0.05, 0.1) is 10.3 Å². The molecule has 4 bridgehead atoms. The van der Waals surface area contributed by atoms with E-state index in [1.807, 2.05) is 0 Å². The molecule has 2 unspecified atom stereocenters. The van der Waals surface area contributed by atoms with Gasteiger partial charge in [0.1, 0.15) is 11.9 Å². The number of alkyl halides is 1. The zero-order valence-corrected chi connectivity index (χ0v) is 31.8. The monoisotopic (exact) mass is 816 g/mol. The Morgan fingerprint density at radius 3 is 1.52 bits per heavy atom. The zero-order chi connectivity index (χ0) is 37.1. The minimum absolute atomic E-state index is 0.0951. The molecule has 4 fully saturated rings. The van der Waals surface area contributed by atoms with Gasteiger partial charge in [0.15, 0.2) is 14.5 Å². The Balaban J connectivity index is 1.33. The normalized spacial score (nSPS) is 25.8. The summed E-state index contributed by atoms with van der Waals surface area (Å²) in [4.78, 5) is 13.1. The molecular formula is C38H38Cl2F4O5S3. The van der Waals surface area contributed by atoms with Gasteiger partial charge in [-0.1, -0.05) is 66.2 Å². The van der Waals surface area contributed by atoms with Crippen molar-refractivity contribution in [2.45, 2.75) is 68.1 Å². The molecular weight excluding hydrogens is 780 g/mol. The molecule has 4 aliphatic carbocycles. The Kier molecular flexibility index (Phi) is 9.35. The largest absolute Gasteiger partial charge is 0.464 e. The van der Waals surface area contributed by atoms with Crippen LogP contribution in [0.5, 0.6) is 0 Å². The third-order valence-corrected chi connectivity index (χ3v) is 20.4. The van der Waals surface area contributed by atoms with E-state index in [1.54, 1.807) is 91.0 Å². The average Bonchev–Trinajstić information content (AvgIpc) is 3.10. The van der Waals surface area contributed by atoms with E-state index in [0.717, 1.165) is 31.4 Å². The van der Waals surface area contributed by atoms with Crippen LogP contribution in [0, 0.1) is 23.2 Å². The molecule has 5 nitrogen and oxygen atoms in total. The molecule has 52 heavy (non-hydrogen) atoms. The van der Waals surface area contributed by atoms with Crippen molar-refractivity contribution in [2.24, 2.45) is 23.2 Å². The molecule has 4 aromatic carbocycles. The number of hydrogen-bond donors (Lipinski definition) is 0. The van der Waals surface area contributed by atoms with E-state index in [9.17, 15) is 13.2 Å².